The first kappa shape index (κ1) is 24.9. The van der Waals surface area contributed by atoms with Crippen molar-refractivity contribution in [3.8, 4) is 0 Å². The Hall–Kier alpha value is -1.14. The minimum atomic E-state index is -0.917. The van der Waals surface area contributed by atoms with Gasteiger partial charge in [-0.2, -0.15) is 5.01 Å². The van der Waals surface area contributed by atoms with Crippen molar-refractivity contribution in [3.63, 3.8) is 0 Å². The zero-order valence-corrected chi connectivity index (χ0v) is 17.7. The average Bonchev–Trinajstić information content (AvgIpc) is 2.56. The first-order valence-electron chi connectivity index (χ1n) is 10.3. The summed E-state index contributed by atoms with van der Waals surface area (Å²) in [7, 11) is 5.90. The van der Waals surface area contributed by atoms with Gasteiger partial charge in [0, 0.05) is 6.42 Å². The fourth-order valence-corrected chi connectivity index (χ4v) is 3.37. The van der Waals surface area contributed by atoms with E-state index < -0.39 is 12.0 Å². The number of carboxylic acids is 1. The van der Waals surface area contributed by atoms with E-state index in [4.69, 9.17) is 10.8 Å². The Kier molecular flexibility index (Phi) is 12.5. The first-order chi connectivity index (χ1) is 12.1. The number of aliphatic carboxylic acids is 1. The number of amides is 1. The highest BCUT2D eigenvalue weighted by molar-refractivity contribution is 5.81. The van der Waals surface area contributed by atoms with Gasteiger partial charge in [0.15, 0.2) is 0 Å². The van der Waals surface area contributed by atoms with Crippen LogP contribution < -0.4 is 5.73 Å². The summed E-state index contributed by atoms with van der Waals surface area (Å²) in [6.45, 7) is 4.33. The lowest BCUT2D eigenvalue weighted by Crippen LogP contribution is -2.62. The standard InChI is InChI=1S/C20H41N3O3/c1-6-8-9-10-11-12-13-14-17(7-2)22(23(3,4)5)20(26)18(21)15-16-19(24)25/h17-18H,6-16,21H2,1-5H3/p+1. The lowest BCUT2D eigenvalue weighted by atomic mass is 10.0. The van der Waals surface area contributed by atoms with Crippen LogP contribution in [0.2, 0.25) is 0 Å². The Balaban J connectivity index is 4.70. The van der Waals surface area contributed by atoms with Gasteiger partial charge < -0.3 is 10.8 Å². The lowest BCUT2D eigenvalue weighted by Gasteiger charge is -2.42. The van der Waals surface area contributed by atoms with Crippen LogP contribution in [0, 0.1) is 0 Å². The second-order valence-electron chi connectivity index (χ2n) is 8.14. The van der Waals surface area contributed by atoms with E-state index in [1.165, 1.54) is 38.5 Å². The molecule has 2 unspecified atom stereocenters. The van der Waals surface area contributed by atoms with Crippen LogP contribution in [0.25, 0.3) is 0 Å². The fourth-order valence-electron chi connectivity index (χ4n) is 3.37. The van der Waals surface area contributed by atoms with Crippen LogP contribution in [0.5, 0.6) is 0 Å². The summed E-state index contributed by atoms with van der Waals surface area (Å²) in [5.41, 5.74) is 6.01. The summed E-state index contributed by atoms with van der Waals surface area (Å²) in [5, 5.41) is 10.7. The van der Waals surface area contributed by atoms with Crippen molar-refractivity contribution in [1.29, 1.82) is 0 Å². The predicted molar refractivity (Wildman–Crippen MR) is 106 cm³/mol. The maximum absolute atomic E-state index is 12.9. The van der Waals surface area contributed by atoms with Crippen molar-refractivity contribution in [1.82, 2.24) is 5.01 Å². The molecule has 0 spiro atoms. The third kappa shape index (κ3) is 10.1. The first-order valence-corrected chi connectivity index (χ1v) is 10.3. The number of carboxylic acid groups (broad SMARTS) is 1. The van der Waals surface area contributed by atoms with E-state index in [9.17, 15) is 9.59 Å². The minimum absolute atomic E-state index is 0.0769. The van der Waals surface area contributed by atoms with Gasteiger partial charge in [0.05, 0.1) is 33.2 Å². The fraction of sp³-hybridized carbons (Fsp3) is 0.900. The molecule has 0 rings (SSSR count). The van der Waals surface area contributed by atoms with E-state index in [2.05, 4.69) is 13.8 Å². The number of hydrogen-bond donors (Lipinski definition) is 2. The molecule has 154 valence electrons. The number of nitrogens with two attached hydrogens (primary N) is 1. The Labute approximate surface area is 160 Å². The molecule has 0 saturated carbocycles. The van der Waals surface area contributed by atoms with Crippen molar-refractivity contribution < 1.29 is 19.3 Å². The molecule has 0 fully saturated rings. The molecule has 0 heterocycles. The highest BCUT2D eigenvalue weighted by Gasteiger charge is 2.36. The molecule has 0 saturated heterocycles. The molecule has 6 nitrogen and oxygen atoms in total. The van der Waals surface area contributed by atoms with Crippen LogP contribution >= 0.6 is 0 Å². The number of quaternary nitrogens is 1. The molecule has 1 amide bonds. The molecule has 26 heavy (non-hydrogen) atoms. The maximum atomic E-state index is 12.9. The van der Waals surface area contributed by atoms with E-state index in [-0.39, 0.29) is 24.8 Å². The van der Waals surface area contributed by atoms with Crippen LogP contribution in [0.3, 0.4) is 0 Å². The number of nitrogens with zero attached hydrogens (tertiary/aromatic N) is 2. The van der Waals surface area contributed by atoms with Gasteiger partial charge in [0.25, 0.3) is 5.91 Å². The second-order valence-corrected chi connectivity index (χ2v) is 8.14. The largest absolute Gasteiger partial charge is 0.481 e. The van der Waals surface area contributed by atoms with Crippen molar-refractivity contribution in [2.24, 2.45) is 5.73 Å². The van der Waals surface area contributed by atoms with Crippen LogP contribution in [0.1, 0.15) is 84.5 Å². The molecule has 0 radical (unpaired) electrons. The van der Waals surface area contributed by atoms with Crippen LogP contribution in [-0.4, -0.2) is 59.8 Å². The van der Waals surface area contributed by atoms with E-state index in [1.807, 2.05) is 26.2 Å². The smallest absolute Gasteiger partial charge is 0.303 e. The number of unbranched alkanes of at least 4 members (excludes halogenated alkanes) is 6. The molecular formula is C20H42N3O3+. The number of hydrogen-bond acceptors (Lipinski definition) is 3. The van der Waals surface area contributed by atoms with Gasteiger partial charge in [-0.3, -0.25) is 9.59 Å². The summed E-state index contributed by atoms with van der Waals surface area (Å²) in [4.78, 5) is 23.7. The summed E-state index contributed by atoms with van der Waals surface area (Å²) in [5.74, 6) is -1.06. The summed E-state index contributed by atoms with van der Waals surface area (Å²) in [6, 6.07) is -0.624. The van der Waals surface area contributed by atoms with E-state index in [0.717, 1.165) is 19.3 Å². The summed E-state index contributed by atoms with van der Waals surface area (Å²) >= 11 is 0. The third-order valence-electron chi connectivity index (χ3n) is 4.82. The lowest BCUT2D eigenvalue weighted by molar-refractivity contribution is -0.978. The quantitative estimate of drug-likeness (QED) is 0.262. The molecule has 0 aliphatic rings. The average molecular weight is 373 g/mol. The molecule has 0 aliphatic heterocycles. The van der Waals surface area contributed by atoms with Crippen molar-refractivity contribution in [2.75, 3.05) is 21.1 Å². The third-order valence-corrected chi connectivity index (χ3v) is 4.82. The topological polar surface area (TPSA) is 83.6 Å². The van der Waals surface area contributed by atoms with Crippen molar-refractivity contribution >= 4 is 11.9 Å². The van der Waals surface area contributed by atoms with Gasteiger partial charge in [-0.1, -0.05) is 58.8 Å². The number of carbonyl (C=O) groups is 2. The Bertz CT molecular complexity index is 408. The van der Waals surface area contributed by atoms with Crippen LogP contribution in [-0.2, 0) is 9.59 Å². The SMILES string of the molecule is CCCCCCCCCC(CC)N(C(=O)C(N)CCC(=O)O)[N+](C)(C)C. The molecule has 0 aliphatic carbocycles. The Morgan fingerprint density at radius 3 is 1.96 bits per heavy atom. The number of rotatable bonds is 15. The monoisotopic (exact) mass is 372 g/mol. The second kappa shape index (κ2) is 13.1. The molecule has 0 bridgehead atoms. The van der Waals surface area contributed by atoms with Crippen LogP contribution in [0.15, 0.2) is 0 Å². The minimum Gasteiger partial charge on any atom is -0.481 e. The number of carbonyl (C=O) groups excluding carboxylic acids is 1. The zero-order valence-electron chi connectivity index (χ0n) is 17.7. The Morgan fingerprint density at radius 2 is 1.50 bits per heavy atom. The van der Waals surface area contributed by atoms with Crippen molar-refractivity contribution in [3.05, 3.63) is 0 Å². The highest BCUT2D eigenvalue weighted by atomic mass is 16.4. The maximum Gasteiger partial charge on any atom is 0.303 e. The summed E-state index contributed by atoms with van der Waals surface area (Å²) < 4.78 is 0.384. The molecule has 0 aromatic heterocycles. The van der Waals surface area contributed by atoms with Gasteiger partial charge in [-0.05, 0) is 19.3 Å². The van der Waals surface area contributed by atoms with Gasteiger partial charge in [0.1, 0.15) is 0 Å². The van der Waals surface area contributed by atoms with Crippen LogP contribution in [0.4, 0.5) is 0 Å². The van der Waals surface area contributed by atoms with E-state index >= 15 is 0 Å². The highest BCUT2D eigenvalue weighted by Crippen LogP contribution is 2.20. The van der Waals surface area contributed by atoms with Crippen molar-refractivity contribution in [2.45, 2.75) is 96.6 Å². The molecule has 6 heteroatoms. The molecular weight excluding hydrogens is 330 g/mol. The Morgan fingerprint density at radius 1 is 0.962 bits per heavy atom. The molecule has 0 aromatic carbocycles. The zero-order chi connectivity index (χ0) is 20.2. The van der Waals surface area contributed by atoms with E-state index in [1.54, 1.807) is 0 Å². The van der Waals surface area contributed by atoms with Gasteiger partial charge in [-0.15, -0.1) is 0 Å². The molecule has 0 aromatic rings. The van der Waals surface area contributed by atoms with Gasteiger partial charge in [-0.25, -0.2) is 4.59 Å². The normalized spacial score (nSPS) is 14.1. The van der Waals surface area contributed by atoms with Gasteiger partial charge in [0.2, 0.25) is 0 Å². The summed E-state index contributed by atoms with van der Waals surface area (Å²) in [6.07, 6.45) is 10.7. The van der Waals surface area contributed by atoms with Gasteiger partial charge >= 0.3 is 5.97 Å². The molecule has 2 atom stereocenters. The van der Waals surface area contributed by atoms with E-state index in [0.29, 0.717) is 4.59 Å². The predicted octanol–water partition coefficient (Wildman–Crippen LogP) is 3.55. The molecule has 3 N–H and O–H groups in total.